The first kappa shape index (κ1) is 11.6. The third-order valence-electron chi connectivity index (χ3n) is 1.82. The van der Waals surface area contributed by atoms with Gasteiger partial charge in [-0.3, -0.25) is 5.43 Å². The Kier molecular flexibility index (Phi) is 3.79. The first-order chi connectivity index (χ1) is 7.04. The minimum atomic E-state index is -1.04. The molecule has 0 aliphatic heterocycles. The molecule has 6 heteroatoms. The smallest absolute Gasteiger partial charge is 0.426 e. The molecule has 0 radical (unpaired) electrons. The highest BCUT2D eigenvalue weighted by Gasteiger charge is 2.10. The fourth-order valence-corrected chi connectivity index (χ4v) is 1.42. The second-order valence-corrected chi connectivity index (χ2v) is 3.79. The molecule has 0 atom stereocenters. The summed E-state index contributed by atoms with van der Waals surface area (Å²) in [5.74, 6) is 0. The van der Waals surface area contributed by atoms with Crippen molar-refractivity contribution in [2.45, 2.75) is 6.92 Å². The highest BCUT2D eigenvalue weighted by atomic mass is 79.9. The van der Waals surface area contributed by atoms with E-state index in [0.717, 1.165) is 9.48 Å². The van der Waals surface area contributed by atoms with Gasteiger partial charge >= 0.3 is 6.09 Å². The van der Waals surface area contributed by atoms with E-state index in [1.807, 2.05) is 0 Å². The van der Waals surface area contributed by atoms with Crippen LogP contribution in [0.15, 0.2) is 22.7 Å². The molecule has 1 rings (SSSR count). The summed E-state index contributed by atoms with van der Waals surface area (Å²) < 4.78 is 0.851. The molecule has 1 amide bonds. The molecule has 0 saturated heterocycles. The highest BCUT2D eigenvalue weighted by molar-refractivity contribution is 9.10. The number of benzene rings is 1. The van der Waals surface area contributed by atoms with Crippen LogP contribution in [0.2, 0.25) is 0 Å². The summed E-state index contributed by atoms with van der Waals surface area (Å²) in [5.41, 5.74) is 9.49. The lowest BCUT2D eigenvalue weighted by Crippen LogP contribution is -2.34. The van der Waals surface area contributed by atoms with Crippen molar-refractivity contribution in [1.82, 2.24) is 5.01 Å². The van der Waals surface area contributed by atoms with Crippen molar-refractivity contribution in [2.24, 2.45) is 0 Å². The van der Waals surface area contributed by atoms with Crippen LogP contribution in [0.3, 0.4) is 0 Å². The summed E-state index contributed by atoms with van der Waals surface area (Å²) in [6, 6.07) is 5.21. The Balaban J connectivity index is 2.84. The third-order valence-corrected chi connectivity index (χ3v) is 2.31. The van der Waals surface area contributed by atoms with E-state index < -0.39 is 6.09 Å². The maximum atomic E-state index is 10.7. The minimum absolute atomic E-state index is 0.338. The van der Waals surface area contributed by atoms with E-state index in [1.165, 1.54) is 0 Å². The van der Waals surface area contributed by atoms with Crippen molar-refractivity contribution in [1.29, 1.82) is 0 Å². The number of hydrogen-bond donors (Lipinski definition) is 3. The van der Waals surface area contributed by atoms with Crippen LogP contribution in [-0.2, 0) is 0 Å². The standard InChI is InChI=1S/C9H12BrN3O2/c1-2-13(9(14)15)12-8-4-3-6(10)5-7(8)11/h3-5,12H,2,11H2,1H3,(H,14,15). The fourth-order valence-electron chi connectivity index (χ4n) is 1.04. The monoisotopic (exact) mass is 273 g/mol. The van der Waals surface area contributed by atoms with Crippen molar-refractivity contribution in [3.05, 3.63) is 22.7 Å². The SMILES string of the molecule is CCN(Nc1ccc(Br)cc1N)C(=O)O. The summed E-state index contributed by atoms with van der Waals surface area (Å²) in [7, 11) is 0. The van der Waals surface area contributed by atoms with Gasteiger partial charge < -0.3 is 10.8 Å². The van der Waals surface area contributed by atoms with Crippen LogP contribution in [0.4, 0.5) is 16.2 Å². The van der Waals surface area contributed by atoms with Gasteiger partial charge in [0.05, 0.1) is 11.4 Å². The number of nitrogens with one attached hydrogen (secondary N) is 1. The molecule has 0 aliphatic rings. The molecule has 5 nitrogen and oxygen atoms in total. The molecular formula is C9H12BrN3O2. The topological polar surface area (TPSA) is 78.6 Å². The Morgan fingerprint density at radius 1 is 1.67 bits per heavy atom. The molecule has 0 unspecified atom stereocenters. The van der Waals surface area contributed by atoms with Gasteiger partial charge in [-0.25, -0.2) is 9.80 Å². The first-order valence-electron chi connectivity index (χ1n) is 4.36. The van der Waals surface area contributed by atoms with Gasteiger partial charge in [0.2, 0.25) is 0 Å². The van der Waals surface area contributed by atoms with Crippen LogP contribution in [0.5, 0.6) is 0 Å². The van der Waals surface area contributed by atoms with Crippen LogP contribution in [0, 0.1) is 0 Å². The summed E-state index contributed by atoms with van der Waals surface area (Å²) in [6.07, 6.45) is -1.04. The van der Waals surface area contributed by atoms with Gasteiger partial charge in [0.15, 0.2) is 0 Å². The average Bonchev–Trinajstić information content (AvgIpc) is 2.16. The van der Waals surface area contributed by atoms with Gasteiger partial charge in [-0.15, -0.1) is 0 Å². The maximum Gasteiger partial charge on any atom is 0.426 e. The lowest BCUT2D eigenvalue weighted by molar-refractivity contribution is 0.157. The molecule has 4 N–H and O–H groups in total. The van der Waals surface area contributed by atoms with Gasteiger partial charge in [0.1, 0.15) is 0 Å². The summed E-state index contributed by atoms with van der Waals surface area (Å²) in [6.45, 7) is 2.07. The predicted molar refractivity (Wildman–Crippen MR) is 62.6 cm³/mol. The van der Waals surface area contributed by atoms with E-state index in [4.69, 9.17) is 10.8 Å². The molecule has 0 spiro atoms. The lowest BCUT2D eigenvalue weighted by Gasteiger charge is -2.20. The van der Waals surface area contributed by atoms with E-state index in [-0.39, 0.29) is 0 Å². The minimum Gasteiger partial charge on any atom is -0.464 e. The van der Waals surface area contributed by atoms with E-state index in [9.17, 15) is 4.79 Å². The van der Waals surface area contributed by atoms with Crippen molar-refractivity contribution in [3.8, 4) is 0 Å². The first-order valence-corrected chi connectivity index (χ1v) is 5.16. The van der Waals surface area contributed by atoms with E-state index >= 15 is 0 Å². The van der Waals surface area contributed by atoms with E-state index in [1.54, 1.807) is 25.1 Å². The molecule has 15 heavy (non-hydrogen) atoms. The number of carbonyl (C=O) groups is 1. The Hall–Kier alpha value is -1.43. The number of anilines is 2. The van der Waals surface area contributed by atoms with E-state index in [0.29, 0.717) is 17.9 Å². The van der Waals surface area contributed by atoms with Crippen molar-refractivity contribution in [3.63, 3.8) is 0 Å². The van der Waals surface area contributed by atoms with Crippen molar-refractivity contribution >= 4 is 33.4 Å². The molecular weight excluding hydrogens is 262 g/mol. The molecule has 0 bridgehead atoms. The molecule has 0 fully saturated rings. The second kappa shape index (κ2) is 4.88. The predicted octanol–water partition coefficient (Wildman–Crippen LogP) is 2.36. The quantitative estimate of drug-likeness (QED) is 0.584. The average molecular weight is 274 g/mol. The number of nitrogens with zero attached hydrogens (tertiary/aromatic N) is 1. The Labute approximate surface area is 96.0 Å². The molecule has 82 valence electrons. The summed E-state index contributed by atoms with van der Waals surface area (Å²) in [5, 5.41) is 9.85. The van der Waals surface area contributed by atoms with Gasteiger partial charge in [-0.1, -0.05) is 15.9 Å². The maximum absolute atomic E-state index is 10.7. The number of amides is 1. The molecule has 0 heterocycles. The summed E-state index contributed by atoms with van der Waals surface area (Å²) >= 11 is 3.27. The fraction of sp³-hybridized carbons (Fsp3) is 0.222. The largest absolute Gasteiger partial charge is 0.464 e. The molecule has 0 saturated carbocycles. The number of nitrogen functional groups attached to an aromatic ring is 1. The number of halogens is 1. The van der Waals surface area contributed by atoms with Crippen LogP contribution in [-0.4, -0.2) is 22.8 Å². The van der Waals surface area contributed by atoms with Crippen molar-refractivity contribution < 1.29 is 9.90 Å². The van der Waals surface area contributed by atoms with Crippen molar-refractivity contribution in [2.75, 3.05) is 17.7 Å². The zero-order valence-corrected chi connectivity index (χ0v) is 9.78. The van der Waals surface area contributed by atoms with E-state index in [2.05, 4.69) is 21.4 Å². The normalized spacial score (nSPS) is 9.73. The number of rotatable bonds is 3. The van der Waals surface area contributed by atoms with Gasteiger partial charge in [-0.2, -0.15) is 0 Å². The highest BCUT2D eigenvalue weighted by Crippen LogP contribution is 2.23. The van der Waals surface area contributed by atoms with Gasteiger partial charge in [0.25, 0.3) is 0 Å². The third kappa shape index (κ3) is 3.02. The zero-order valence-electron chi connectivity index (χ0n) is 8.20. The number of hydrazine groups is 1. The lowest BCUT2D eigenvalue weighted by atomic mass is 10.3. The Bertz CT molecular complexity index is 370. The van der Waals surface area contributed by atoms with Crippen LogP contribution in [0.1, 0.15) is 6.92 Å². The Morgan fingerprint density at radius 2 is 2.33 bits per heavy atom. The molecule has 0 aliphatic carbocycles. The van der Waals surface area contributed by atoms with Gasteiger partial charge in [-0.05, 0) is 25.1 Å². The zero-order chi connectivity index (χ0) is 11.4. The number of nitrogens with two attached hydrogens (primary N) is 1. The molecule has 1 aromatic rings. The Morgan fingerprint density at radius 3 is 2.80 bits per heavy atom. The summed E-state index contributed by atoms with van der Waals surface area (Å²) in [4.78, 5) is 10.7. The van der Waals surface area contributed by atoms with Gasteiger partial charge in [0, 0.05) is 11.0 Å². The second-order valence-electron chi connectivity index (χ2n) is 2.87. The van der Waals surface area contributed by atoms with Crippen LogP contribution in [0.25, 0.3) is 0 Å². The number of carboxylic acid groups (broad SMARTS) is 1. The van der Waals surface area contributed by atoms with Crippen LogP contribution >= 0.6 is 15.9 Å². The molecule has 0 aromatic heterocycles. The number of hydrogen-bond acceptors (Lipinski definition) is 3. The van der Waals surface area contributed by atoms with Crippen LogP contribution < -0.4 is 11.2 Å². The molecule has 1 aromatic carbocycles.